The molecule has 0 bridgehead atoms. The summed E-state index contributed by atoms with van der Waals surface area (Å²) in [5.41, 5.74) is 1.59. The van der Waals surface area contributed by atoms with Gasteiger partial charge in [-0.1, -0.05) is 32.4 Å². The maximum Gasteiger partial charge on any atom is 0.141 e. The average Bonchev–Trinajstić information content (AvgIpc) is 2.25. The molecule has 0 saturated carbocycles. The molecule has 0 aromatic rings. The van der Waals surface area contributed by atoms with Gasteiger partial charge >= 0.3 is 0 Å². The fourth-order valence-corrected chi connectivity index (χ4v) is 2.50. The van der Waals surface area contributed by atoms with Gasteiger partial charge in [0.25, 0.3) is 0 Å². The van der Waals surface area contributed by atoms with E-state index in [9.17, 15) is 0 Å². The molecule has 94 valence electrons. The van der Waals surface area contributed by atoms with Crippen LogP contribution in [0.4, 0.5) is 0 Å². The van der Waals surface area contributed by atoms with E-state index in [4.69, 9.17) is 0 Å². The van der Waals surface area contributed by atoms with Crippen LogP contribution >= 0.6 is 9.24 Å². The molecule has 0 rings (SSSR count). The van der Waals surface area contributed by atoms with Crippen LogP contribution < -0.4 is 0 Å². The molecule has 0 amide bonds. The molecule has 16 heavy (non-hydrogen) atoms. The van der Waals surface area contributed by atoms with Crippen LogP contribution in [-0.4, -0.2) is 23.8 Å². The van der Waals surface area contributed by atoms with E-state index in [0.717, 1.165) is 13.1 Å². The first kappa shape index (κ1) is 16.0. The molecule has 0 heterocycles. The lowest BCUT2D eigenvalue weighted by Crippen LogP contribution is -2.31. The molecule has 0 fully saturated rings. The maximum absolute atomic E-state index is 2.99. The Bertz CT molecular complexity index is 199. The molecule has 0 aliphatic carbocycles. The monoisotopic (exact) mass is 242 g/mol. The van der Waals surface area contributed by atoms with Gasteiger partial charge in [0.05, 0.1) is 13.3 Å². The summed E-state index contributed by atoms with van der Waals surface area (Å²) >= 11 is 0. The van der Waals surface area contributed by atoms with E-state index in [0.29, 0.717) is 11.7 Å². The van der Waals surface area contributed by atoms with Gasteiger partial charge in [-0.25, -0.2) is 0 Å². The SMILES string of the molecule is C/C=C(/CCC(P)N(CC)C[CH+]C)C(C)C. The van der Waals surface area contributed by atoms with Gasteiger partial charge in [-0.2, -0.15) is 0 Å². The first-order valence-corrected chi connectivity index (χ1v) is 7.15. The summed E-state index contributed by atoms with van der Waals surface area (Å²) in [6, 6.07) is 0. The highest BCUT2D eigenvalue weighted by atomic mass is 31.0. The number of nitrogens with zero attached hydrogens (tertiary/aromatic N) is 1. The Morgan fingerprint density at radius 2 is 2.06 bits per heavy atom. The zero-order valence-electron chi connectivity index (χ0n) is 11.7. The second-order valence-electron chi connectivity index (χ2n) is 4.62. The van der Waals surface area contributed by atoms with Crippen molar-refractivity contribution in [2.75, 3.05) is 13.1 Å². The molecule has 1 nitrogen and oxygen atoms in total. The Morgan fingerprint density at radius 1 is 1.44 bits per heavy atom. The Hall–Kier alpha value is -0.0000000000000000278. The van der Waals surface area contributed by atoms with Crippen LogP contribution in [-0.2, 0) is 0 Å². The fourth-order valence-electron chi connectivity index (χ4n) is 2.00. The lowest BCUT2D eigenvalue weighted by molar-refractivity contribution is 0.278. The summed E-state index contributed by atoms with van der Waals surface area (Å²) in [5.74, 6) is 1.30. The predicted octanol–water partition coefficient (Wildman–Crippen LogP) is 4.12. The Kier molecular flexibility index (Phi) is 9.07. The highest BCUT2D eigenvalue weighted by Gasteiger charge is 2.15. The van der Waals surface area contributed by atoms with Crippen LogP contribution in [0.2, 0.25) is 0 Å². The molecule has 2 atom stereocenters. The van der Waals surface area contributed by atoms with Gasteiger partial charge < -0.3 is 0 Å². The average molecular weight is 242 g/mol. The second kappa shape index (κ2) is 9.07. The molecule has 2 unspecified atom stereocenters. The molecular formula is C14H29NP+. The second-order valence-corrected chi connectivity index (χ2v) is 5.39. The topological polar surface area (TPSA) is 3.24 Å². The zero-order valence-corrected chi connectivity index (χ0v) is 12.8. The van der Waals surface area contributed by atoms with Crippen molar-refractivity contribution in [3.63, 3.8) is 0 Å². The van der Waals surface area contributed by atoms with Crippen molar-refractivity contribution in [3.8, 4) is 0 Å². The Balaban J connectivity index is 4.08. The third-order valence-electron chi connectivity index (χ3n) is 3.13. The van der Waals surface area contributed by atoms with Crippen LogP contribution in [0.3, 0.4) is 0 Å². The highest BCUT2D eigenvalue weighted by molar-refractivity contribution is 7.17. The normalized spacial score (nSPS) is 14.6. The molecule has 0 saturated heterocycles. The van der Waals surface area contributed by atoms with Gasteiger partial charge in [-0.3, -0.25) is 4.90 Å². The minimum Gasteiger partial charge on any atom is -0.259 e. The van der Waals surface area contributed by atoms with E-state index in [1.165, 1.54) is 12.8 Å². The van der Waals surface area contributed by atoms with E-state index >= 15 is 0 Å². The van der Waals surface area contributed by atoms with Crippen molar-refractivity contribution in [3.05, 3.63) is 18.1 Å². The van der Waals surface area contributed by atoms with Crippen molar-refractivity contribution in [2.45, 2.75) is 53.2 Å². The third kappa shape index (κ3) is 5.92. The largest absolute Gasteiger partial charge is 0.259 e. The number of hydrogen-bond donors (Lipinski definition) is 0. The van der Waals surface area contributed by atoms with Gasteiger partial charge in [-0.15, -0.1) is 9.24 Å². The summed E-state index contributed by atoms with van der Waals surface area (Å²) in [5, 5.41) is 0. The van der Waals surface area contributed by atoms with E-state index < -0.39 is 0 Å². The van der Waals surface area contributed by atoms with Crippen LogP contribution in [0, 0.1) is 12.3 Å². The minimum atomic E-state index is 0.606. The van der Waals surface area contributed by atoms with Crippen molar-refractivity contribution in [2.24, 2.45) is 5.92 Å². The van der Waals surface area contributed by atoms with Crippen molar-refractivity contribution in [1.29, 1.82) is 0 Å². The summed E-state index contributed by atoms with van der Waals surface area (Å²) < 4.78 is 0. The summed E-state index contributed by atoms with van der Waals surface area (Å²) in [4.78, 5) is 2.50. The molecule has 0 N–H and O–H groups in total. The van der Waals surface area contributed by atoms with Crippen LogP contribution in [0.25, 0.3) is 0 Å². The van der Waals surface area contributed by atoms with Crippen LogP contribution in [0.1, 0.15) is 47.5 Å². The number of allylic oxidation sites excluding steroid dienone is 2. The summed E-state index contributed by atoms with van der Waals surface area (Å²) in [6.45, 7) is 13.3. The van der Waals surface area contributed by atoms with Crippen LogP contribution in [0.5, 0.6) is 0 Å². The van der Waals surface area contributed by atoms with Crippen LogP contribution in [0.15, 0.2) is 11.6 Å². The van der Waals surface area contributed by atoms with Gasteiger partial charge in [0.15, 0.2) is 0 Å². The molecule has 2 heteroatoms. The third-order valence-corrected chi connectivity index (χ3v) is 3.89. The number of rotatable bonds is 8. The minimum absolute atomic E-state index is 0.606. The van der Waals surface area contributed by atoms with E-state index in [-0.39, 0.29) is 0 Å². The maximum atomic E-state index is 2.99. The smallest absolute Gasteiger partial charge is 0.141 e. The van der Waals surface area contributed by atoms with E-state index in [1.54, 1.807) is 5.57 Å². The van der Waals surface area contributed by atoms with E-state index in [2.05, 4.69) is 61.3 Å². The van der Waals surface area contributed by atoms with Gasteiger partial charge in [0.1, 0.15) is 6.54 Å². The molecule has 0 spiro atoms. The van der Waals surface area contributed by atoms with E-state index in [1.807, 2.05) is 0 Å². The lowest BCUT2D eigenvalue weighted by Gasteiger charge is -2.25. The quantitative estimate of drug-likeness (QED) is 0.351. The molecular weight excluding hydrogens is 213 g/mol. The highest BCUT2D eigenvalue weighted by Crippen LogP contribution is 2.21. The zero-order chi connectivity index (χ0) is 12.6. The molecule has 0 aliphatic heterocycles. The van der Waals surface area contributed by atoms with Crippen molar-refractivity contribution >= 4 is 9.24 Å². The standard InChI is InChI=1S/C14H29NP/c1-6-11-15(8-3)14(16)10-9-13(7-2)12(4)5/h6-7,12,14H,8-11,16H2,1-5H3/q+1/b13-7-. The summed E-state index contributed by atoms with van der Waals surface area (Å²) in [6.07, 6.45) is 6.98. The predicted molar refractivity (Wildman–Crippen MR) is 78.5 cm³/mol. The first-order chi connectivity index (χ1) is 7.56. The Morgan fingerprint density at radius 3 is 2.44 bits per heavy atom. The first-order valence-electron chi connectivity index (χ1n) is 6.49. The molecule has 0 aromatic carbocycles. The molecule has 0 aliphatic rings. The molecule has 0 aromatic heterocycles. The van der Waals surface area contributed by atoms with Gasteiger partial charge in [0.2, 0.25) is 0 Å². The molecule has 0 radical (unpaired) electrons. The van der Waals surface area contributed by atoms with Crippen molar-refractivity contribution < 1.29 is 0 Å². The summed E-state index contributed by atoms with van der Waals surface area (Å²) in [7, 11) is 2.99. The number of hydrogen-bond acceptors (Lipinski definition) is 1. The van der Waals surface area contributed by atoms with Gasteiger partial charge in [0, 0.05) is 5.78 Å². The fraction of sp³-hybridized carbons (Fsp3) is 0.786. The van der Waals surface area contributed by atoms with Gasteiger partial charge in [-0.05, 0) is 32.2 Å². The van der Waals surface area contributed by atoms with Crippen molar-refractivity contribution in [1.82, 2.24) is 4.90 Å². The Labute approximate surface area is 105 Å². The lowest BCUT2D eigenvalue weighted by atomic mass is 9.98.